The Balaban J connectivity index is 1.94. The van der Waals surface area contributed by atoms with Gasteiger partial charge < -0.3 is 10.0 Å². The second-order valence-corrected chi connectivity index (χ2v) is 5.70. The van der Waals surface area contributed by atoms with Gasteiger partial charge in [-0.15, -0.1) is 0 Å². The number of hydrogen-bond acceptors (Lipinski definition) is 2. The Kier molecular flexibility index (Phi) is 3.40. The quantitative estimate of drug-likeness (QED) is 0.818. The summed E-state index contributed by atoms with van der Waals surface area (Å²) in [6, 6.07) is 0. The van der Waals surface area contributed by atoms with E-state index in [0.29, 0.717) is 18.8 Å². The van der Waals surface area contributed by atoms with Crippen molar-refractivity contribution in [3.05, 3.63) is 0 Å². The molecule has 4 nitrogen and oxygen atoms in total. The van der Waals surface area contributed by atoms with Crippen LogP contribution in [0.4, 0.5) is 0 Å². The lowest BCUT2D eigenvalue weighted by molar-refractivity contribution is -0.160. The van der Waals surface area contributed by atoms with Gasteiger partial charge in [0.15, 0.2) is 0 Å². The largest absolute Gasteiger partial charge is 0.481 e. The van der Waals surface area contributed by atoms with Crippen molar-refractivity contribution in [3.63, 3.8) is 0 Å². The van der Waals surface area contributed by atoms with Crippen LogP contribution in [-0.4, -0.2) is 35.0 Å². The highest BCUT2D eigenvalue weighted by atomic mass is 16.4. The number of carbonyl (C=O) groups is 2. The molecule has 2 aliphatic rings. The smallest absolute Gasteiger partial charge is 0.310 e. The lowest BCUT2D eigenvalue weighted by atomic mass is 9.66. The molecule has 1 unspecified atom stereocenters. The highest BCUT2D eigenvalue weighted by Gasteiger charge is 2.46. The Morgan fingerprint density at radius 3 is 2.53 bits per heavy atom. The molecule has 17 heavy (non-hydrogen) atoms. The number of likely N-dealkylation sites (tertiary alicyclic amines) is 1. The van der Waals surface area contributed by atoms with Crippen LogP contribution < -0.4 is 0 Å². The van der Waals surface area contributed by atoms with Crippen LogP contribution >= 0.6 is 0 Å². The first-order valence-electron chi connectivity index (χ1n) is 6.55. The maximum atomic E-state index is 12.1. The molecule has 1 heterocycles. The molecule has 0 aromatic carbocycles. The molecule has 1 saturated heterocycles. The van der Waals surface area contributed by atoms with Gasteiger partial charge >= 0.3 is 5.97 Å². The number of carboxylic acids is 1. The van der Waals surface area contributed by atoms with Gasteiger partial charge in [0.05, 0.1) is 5.41 Å². The van der Waals surface area contributed by atoms with Crippen LogP contribution in [-0.2, 0) is 9.59 Å². The summed E-state index contributed by atoms with van der Waals surface area (Å²) in [7, 11) is 0. The summed E-state index contributed by atoms with van der Waals surface area (Å²) < 4.78 is 0. The average molecular weight is 239 g/mol. The second-order valence-electron chi connectivity index (χ2n) is 5.70. The normalized spacial score (nSPS) is 27.4. The van der Waals surface area contributed by atoms with Gasteiger partial charge in [0.25, 0.3) is 0 Å². The van der Waals surface area contributed by atoms with E-state index < -0.39 is 11.4 Å². The van der Waals surface area contributed by atoms with Crippen molar-refractivity contribution in [1.82, 2.24) is 4.90 Å². The van der Waals surface area contributed by atoms with Crippen molar-refractivity contribution in [2.24, 2.45) is 11.3 Å². The summed E-state index contributed by atoms with van der Waals surface area (Å²) in [5, 5.41) is 9.21. The van der Waals surface area contributed by atoms with Gasteiger partial charge in [-0.25, -0.2) is 0 Å². The summed E-state index contributed by atoms with van der Waals surface area (Å²) in [4.78, 5) is 25.2. The Hall–Kier alpha value is -1.06. The molecular formula is C13H21NO3. The Morgan fingerprint density at radius 1 is 1.35 bits per heavy atom. The number of nitrogens with zero attached hydrogens (tertiary/aromatic N) is 1. The summed E-state index contributed by atoms with van der Waals surface area (Å²) in [6.45, 7) is 3.75. The van der Waals surface area contributed by atoms with Crippen LogP contribution in [0.1, 0.15) is 45.4 Å². The maximum absolute atomic E-state index is 12.1. The minimum Gasteiger partial charge on any atom is -0.481 e. The molecule has 1 aliphatic heterocycles. The van der Waals surface area contributed by atoms with Crippen LogP contribution in [0, 0.1) is 11.3 Å². The standard InChI is InChI=1S/C13H21NO3/c1-10-4-2-7-14(9-10)11(15)8-13(12(16)17)5-3-6-13/h10H,2-9H2,1H3,(H,16,17). The van der Waals surface area contributed by atoms with Crippen molar-refractivity contribution in [2.45, 2.75) is 45.4 Å². The van der Waals surface area contributed by atoms with Crippen molar-refractivity contribution in [1.29, 1.82) is 0 Å². The van der Waals surface area contributed by atoms with Gasteiger partial charge in [-0.3, -0.25) is 9.59 Å². The van der Waals surface area contributed by atoms with Crippen molar-refractivity contribution >= 4 is 11.9 Å². The molecule has 0 radical (unpaired) electrons. The zero-order chi connectivity index (χ0) is 12.5. The van der Waals surface area contributed by atoms with E-state index >= 15 is 0 Å². The Morgan fingerprint density at radius 2 is 2.06 bits per heavy atom. The van der Waals surface area contributed by atoms with Crippen molar-refractivity contribution < 1.29 is 14.7 Å². The SMILES string of the molecule is CC1CCCN(C(=O)CC2(C(=O)O)CCC2)C1. The highest BCUT2D eigenvalue weighted by Crippen LogP contribution is 2.44. The van der Waals surface area contributed by atoms with Gasteiger partial charge in [-0.2, -0.15) is 0 Å². The van der Waals surface area contributed by atoms with Crippen molar-refractivity contribution in [2.75, 3.05) is 13.1 Å². The lowest BCUT2D eigenvalue weighted by Crippen LogP contribution is -2.46. The number of amides is 1. The molecule has 96 valence electrons. The molecule has 1 amide bonds. The van der Waals surface area contributed by atoms with E-state index in [1.165, 1.54) is 6.42 Å². The molecule has 0 spiro atoms. The van der Waals surface area contributed by atoms with Gasteiger partial charge in [0.2, 0.25) is 5.91 Å². The number of hydrogen-bond donors (Lipinski definition) is 1. The van der Waals surface area contributed by atoms with Crippen molar-refractivity contribution in [3.8, 4) is 0 Å². The van der Waals surface area contributed by atoms with Crippen LogP contribution in [0.5, 0.6) is 0 Å². The van der Waals surface area contributed by atoms with Gasteiger partial charge in [0.1, 0.15) is 0 Å². The first-order valence-corrected chi connectivity index (χ1v) is 6.55. The monoisotopic (exact) mass is 239 g/mol. The molecule has 0 aromatic heterocycles. The predicted molar refractivity (Wildman–Crippen MR) is 63.5 cm³/mol. The summed E-state index contributed by atoms with van der Waals surface area (Å²) in [6.07, 6.45) is 4.70. The molecule has 2 rings (SSSR count). The summed E-state index contributed by atoms with van der Waals surface area (Å²) in [5.41, 5.74) is -0.738. The molecule has 0 bridgehead atoms. The number of rotatable bonds is 3. The molecule has 1 aliphatic carbocycles. The first-order chi connectivity index (χ1) is 8.03. The van der Waals surface area contributed by atoms with Crippen LogP contribution in [0.15, 0.2) is 0 Å². The van der Waals surface area contributed by atoms with E-state index in [0.717, 1.165) is 25.9 Å². The topological polar surface area (TPSA) is 57.6 Å². The fraction of sp³-hybridized carbons (Fsp3) is 0.846. The molecular weight excluding hydrogens is 218 g/mol. The zero-order valence-corrected chi connectivity index (χ0v) is 10.4. The molecule has 1 N–H and O–H groups in total. The number of carboxylic acid groups (broad SMARTS) is 1. The molecule has 1 atom stereocenters. The molecule has 1 saturated carbocycles. The average Bonchev–Trinajstić information content (AvgIpc) is 2.22. The van der Waals surface area contributed by atoms with E-state index in [1.54, 1.807) is 0 Å². The number of piperidine rings is 1. The number of carbonyl (C=O) groups excluding carboxylic acids is 1. The van der Waals surface area contributed by atoms with Gasteiger partial charge in [-0.05, 0) is 31.6 Å². The fourth-order valence-electron chi connectivity index (χ4n) is 2.89. The Bertz CT molecular complexity index is 323. The minimum atomic E-state index is -0.790. The lowest BCUT2D eigenvalue weighted by Gasteiger charge is -2.39. The molecule has 4 heteroatoms. The van der Waals surface area contributed by atoms with E-state index in [1.807, 2.05) is 4.90 Å². The third kappa shape index (κ3) is 2.45. The summed E-state index contributed by atoms with van der Waals surface area (Å²) >= 11 is 0. The second kappa shape index (κ2) is 4.67. The van der Waals surface area contributed by atoms with Gasteiger partial charge in [0, 0.05) is 19.5 Å². The third-order valence-corrected chi connectivity index (χ3v) is 4.26. The zero-order valence-electron chi connectivity index (χ0n) is 10.4. The third-order valence-electron chi connectivity index (χ3n) is 4.26. The van der Waals surface area contributed by atoms with Crippen LogP contribution in [0.25, 0.3) is 0 Å². The van der Waals surface area contributed by atoms with E-state index in [-0.39, 0.29) is 12.3 Å². The van der Waals surface area contributed by atoms with Crippen LogP contribution in [0.2, 0.25) is 0 Å². The fourth-order valence-corrected chi connectivity index (χ4v) is 2.89. The Labute approximate surface area is 102 Å². The van der Waals surface area contributed by atoms with E-state index in [9.17, 15) is 14.7 Å². The predicted octanol–water partition coefficient (Wildman–Crippen LogP) is 1.89. The highest BCUT2D eigenvalue weighted by molar-refractivity contribution is 5.85. The number of aliphatic carboxylic acids is 1. The molecule has 0 aromatic rings. The summed E-state index contributed by atoms with van der Waals surface area (Å²) in [5.74, 6) is -0.198. The van der Waals surface area contributed by atoms with Crippen LogP contribution in [0.3, 0.4) is 0 Å². The first kappa shape index (κ1) is 12.4. The molecule has 2 fully saturated rings. The van der Waals surface area contributed by atoms with Gasteiger partial charge in [-0.1, -0.05) is 13.3 Å². The van der Waals surface area contributed by atoms with E-state index in [2.05, 4.69) is 6.92 Å². The minimum absolute atomic E-state index is 0.0404. The van der Waals surface area contributed by atoms with E-state index in [4.69, 9.17) is 0 Å². The maximum Gasteiger partial charge on any atom is 0.310 e.